The molecule has 21 heavy (non-hydrogen) atoms. The molecule has 0 spiro atoms. The Morgan fingerprint density at radius 2 is 1.86 bits per heavy atom. The Morgan fingerprint density at radius 1 is 1.14 bits per heavy atom. The number of methoxy groups -OCH3 is 1. The van der Waals surface area contributed by atoms with Crippen LogP contribution in [0.15, 0.2) is 46.9 Å². The Kier molecular flexibility index (Phi) is 5.83. The van der Waals surface area contributed by atoms with E-state index >= 15 is 0 Å². The van der Waals surface area contributed by atoms with Crippen LogP contribution in [0.2, 0.25) is 0 Å². The first-order valence-electron chi connectivity index (χ1n) is 7.26. The first-order chi connectivity index (χ1) is 10.1. The van der Waals surface area contributed by atoms with E-state index in [1.807, 2.05) is 12.1 Å². The lowest BCUT2D eigenvalue weighted by Crippen LogP contribution is -2.23. The summed E-state index contributed by atoms with van der Waals surface area (Å²) in [5.41, 5.74) is 3.88. The van der Waals surface area contributed by atoms with Crippen LogP contribution in [0.25, 0.3) is 0 Å². The van der Waals surface area contributed by atoms with Crippen LogP contribution in [0.5, 0.6) is 5.75 Å². The van der Waals surface area contributed by atoms with Crippen LogP contribution in [-0.2, 0) is 6.42 Å². The number of likely N-dealkylation sites (N-methyl/N-ethyl adjacent to an activating group) is 1. The van der Waals surface area contributed by atoms with E-state index in [4.69, 9.17) is 4.74 Å². The third-order valence-corrected chi connectivity index (χ3v) is 4.50. The number of rotatable bonds is 6. The molecule has 1 N–H and O–H groups in total. The van der Waals surface area contributed by atoms with Crippen molar-refractivity contribution in [1.82, 2.24) is 5.32 Å². The molecule has 0 saturated heterocycles. The van der Waals surface area contributed by atoms with Gasteiger partial charge in [0.2, 0.25) is 0 Å². The van der Waals surface area contributed by atoms with Gasteiger partial charge in [-0.3, -0.25) is 0 Å². The molecular weight excluding hydrogens is 326 g/mol. The molecule has 0 saturated carbocycles. The molecule has 0 aliphatic rings. The molecule has 3 heteroatoms. The fraction of sp³-hybridized carbons (Fsp3) is 0.333. The second-order valence-electron chi connectivity index (χ2n) is 5.17. The molecule has 0 fully saturated rings. The molecule has 0 aliphatic heterocycles. The highest BCUT2D eigenvalue weighted by Gasteiger charge is 2.12. The van der Waals surface area contributed by atoms with Gasteiger partial charge in [-0.05, 0) is 54.8 Å². The zero-order chi connectivity index (χ0) is 15.2. The van der Waals surface area contributed by atoms with Gasteiger partial charge in [-0.25, -0.2) is 0 Å². The van der Waals surface area contributed by atoms with E-state index < -0.39 is 0 Å². The third kappa shape index (κ3) is 4.32. The Hall–Kier alpha value is -1.32. The van der Waals surface area contributed by atoms with Crippen molar-refractivity contribution in [2.24, 2.45) is 0 Å². The van der Waals surface area contributed by atoms with E-state index in [2.05, 4.69) is 65.4 Å². The van der Waals surface area contributed by atoms with E-state index in [0.717, 1.165) is 23.2 Å². The third-order valence-electron chi connectivity index (χ3n) is 3.65. The van der Waals surface area contributed by atoms with Crippen molar-refractivity contribution in [2.75, 3.05) is 13.7 Å². The van der Waals surface area contributed by atoms with Crippen LogP contribution in [0.3, 0.4) is 0 Å². The maximum Gasteiger partial charge on any atom is 0.118 e. The fourth-order valence-corrected chi connectivity index (χ4v) is 2.77. The topological polar surface area (TPSA) is 21.3 Å². The van der Waals surface area contributed by atoms with Crippen molar-refractivity contribution in [1.29, 1.82) is 0 Å². The summed E-state index contributed by atoms with van der Waals surface area (Å²) in [5.74, 6) is 0.900. The number of halogens is 1. The average Bonchev–Trinajstić information content (AvgIpc) is 2.50. The Labute approximate surface area is 135 Å². The zero-order valence-electron chi connectivity index (χ0n) is 12.8. The molecule has 1 atom stereocenters. The molecule has 0 bridgehead atoms. The smallest absolute Gasteiger partial charge is 0.118 e. The largest absolute Gasteiger partial charge is 0.497 e. The molecular formula is C18H22BrNO. The summed E-state index contributed by atoms with van der Waals surface area (Å²) in [4.78, 5) is 0. The molecule has 2 aromatic carbocycles. The fourth-order valence-electron chi connectivity index (χ4n) is 2.38. The lowest BCUT2D eigenvalue weighted by atomic mass is 9.98. The summed E-state index contributed by atoms with van der Waals surface area (Å²) >= 11 is 3.63. The van der Waals surface area contributed by atoms with Crippen molar-refractivity contribution in [3.63, 3.8) is 0 Å². The SMILES string of the molecule is CCNC(Cc1ccc(OC)cc1)c1ccc(C)c(Br)c1. The summed E-state index contributed by atoms with van der Waals surface area (Å²) in [6.07, 6.45) is 0.966. The van der Waals surface area contributed by atoms with Crippen LogP contribution in [0.4, 0.5) is 0 Å². The summed E-state index contributed by atoms with van der Waals surface area (Å²) in [5, 5.41) is 3.57. The zero-order valence-corrected chi connectivity index (χ0v) is 14.4. The molecule has 2 nitrogen and oxygen atoms in total. The Balaban J connectivity index is 2.19. The van der Waals surface area contributed by atoms with Gasteiger partial charge >= 0.3 is 0 Å². The van der Waals surface area contributed by atoms with E-state index in [9.17, 15) is 0 Å². The monoisotopic (exact) mass is 347 g/mol. The van der Waals surface area contributed by atoms with E-state index in [1.54, 1.807) is 7.11 Å². The summed E-state index contributed by atoms with van der Waals surface area (Å²) < 4.78 is 6.38. The minimum absolute atomic E-state index is 0.320. The Morgan fingerprint density at radius 3 is 2.43 bits per heavy atom. The standard InChI is InChI=1S/C18H22BrNO/c1-4-20-18(15-8-5-13(2)17(19)12-15)11-14-6-9-16(21-3)10-7-14/h5-10,12,18,20H,4,11H2,1-3H3. The lowest BCUT2D eigenvalue weighted by molar-refractivity contribution is 0.414. The molecule has 0 aliphatic carbocycles. The first-order valence-corrected chi connectivity index (χ1v) is 8.05. The van der Waals surface area contributed by atoms with Gasteiger partial charge in [0.1, 0.15) is 5.75 Å². The summed E-state index contributed by atoms with van der Waals surface area (Å²) in [6, 6.07) is 15.2. The Bertz CT molecular complexity index is 580. The van der Waals surface area contributed by atoms with Crippen molar-refractivity contribution < 1.29 is 4.74 Å². The highest BCUT2D eigenvalue weighted by molar-refractivity contribution is 9.10. The van der Waals surface area contributed by atoms with Crippen LogP contribution in [-0.4, -0.2) is 13.7 Å². The number of benzene rings is 2. The predicted molar refractivity (Wildman–Crippen MR) is 92.0 cm³/mol. The number of nitrogens with one attached hydrogen (secondary N) is 1. The number of aryl methyl sites for hydroxylation is 1. The summed E-state index contributed by atoms with van der Waals surface area (Å²) in [6.45, 7) is 5.20. The lowest BCUT2D eigenvalue weighted by Gasteiger charge is -2.19. The second kappa shape index (κ2) is 7.62. The molecule has 112 valence electrons. The molecule has 1 unspecified atom stereocenters. The minimum atomic E-state index is 0.320. The highest BCUT2D eigenvalue weighted by Crippen LogP contribution is 2.25. The van der Waals surface area contributed by atoms with Gasteiger partial charge in [-0.2, -0.15) is 0 Å². The maximum absolute atomic E-state index is 5.21. The van der Waals surface area contributed by atoms with Gasteiger partial charge in [-0.1, -0.05) is 47.1 Å². The minimum Gasteiger partial charge on any atom is -0.497 e. The van der Waals surface area contributed by atoms with Gasteiger partial charge < -0.3 is 10.1 Å². The van der Waals surface area contributed by atoms with Crippen LogP contribution >= 0.6 is 15.9 Å². The number of ether oxygens (including phenoxy) is 1. The van der Waals surface area contributed by atoms with E-state index in [-0.39, 0.29) is 0 Å². The van der Waals surface area contributed by atoms with Gasteiger partial charge in [0.15, 0.2) is 0 Å². The van der Waals surface area contributed by atoms with Gasteiger partial charge in [0.05, 0.1) is 7.11 Å². The van der Waals surface area contributed by atoms with E-state index in [0.29, 0.717) is 6.04 Å². The van der Waals surface area contributed by atoms with Gasteiger partial charge in [-0.15, -0.1) is 0 Å². The normalized spacial score (nSPS) is 12.2. The number of hydrogen-bond donors (Lipinski definition) is 1. The van der Waals surface area contributed by atoms with Crippen molar-refractivity contribution in [2.45, 2.75) is 26.3 Å². The van der Waals surface area contributed by atoms with Crippen molar-refractivity contribution in [3.8, 4) is 5.75 Å². The van der Waals surface area contributed by atoms with Crippen molar-refractivity contribution >= 4 is 15.9 Å². The average molecular weight is 348 g/mol. The second-order valence-corrected chi connectivity index (χ2v) is 6.03. The molecule has 0 aromatic heterocycles. The van der Waals surface area contributed by atoms with Gasteiger partial charge in [0, 0.05) is 10.5 Å². The van der Waals surface area contributed by atoms with Crippen molar-refractivity contribution in [3.05, 3.63) is 63.6 Å². The molecule has 0 amide bonds. The van der Waals surface area contributed by atoms with Crippen LogP contribution in [0, 0.1) is 6.92 Å². The quantitative estimate of drug-likeness (QED) is 0.820. The summed E-state index contributed by atoms with van der Waals surface area (Å²) in [7, 11) is 1.69. The molecule has 0 heterocycles. The predicted octanol–water partition coefficient (Wildman–Crippen LogP) is 4.66. The number of hydrogen-bond acceptors (Lipinski definition) is 2. The van der Waals surface area contributed by atoms with Gasteiger partial charge in [0.25, 0.3) is 0 Å². The maximum atomic E-state index is 5.21. The van der Waals surface area contributed by atoms with E-state index in [1.165, 1.54) is 16.7 Å². The highest BCUT2D eigenvalue weighted by atomic mass is 79.9. The molecule has 2 rings (SSSR count). The molecule has 0 radical (unpaired) electrons. The van der Waals surface area contributed by atoms with Crippen LogP contribution in [0.1, 0.15) is 29.7 Å². The first kappa shape index (κ1) is 16.1. The van der Waals surface area contributed by atoms with Crippen LogP contribution < -0.4 is 10.1 Å². The molecule has 2 aromatic rings.